The number of amides is 1. The van der Waals surface area contributed by atoms with Crippen LogP contribution in [0.1, 0.15) is 12.0 Å². The van der Waals surface area contributed by atoms with E-state index in [2.05, 4.69) is 5.32 Å². The zero-order valence-corrected chi connectivity index (χ0v) is 12.5. The number of nitrogen functional groups attached to an aromatic ring is 1. The van der Waals surface area contributed by atoms with E-state index in [4.69, 9.17) is 22.1 Å². The second-order valence-electron chi connectivity index (χ2n) is 4.60. The number of ether oxygens (including phenoxy) is 1. The van der Waals surface area contributed by atoms with Crippen LogP contribution in [-0.4, -0.2) is 12.5 Å². The Kier molecular flexibility index (Phi) is 5.06. The Morgan fingerprint density at radius 2 is 2.00 bits per heavy atom. The number of nitrogens with one attached hydrogen (secondary N) is 1. The first-order valence-corrected chi connectivity index (χ1v) is 6.98. The summed E-state index contributed by atoms with van der Waals surface area (Å²) in [6.07, 6.45) is 0.236. The van der Waals surface area contributed by atoms with Gasteiger partial charge in [0.2, 0.25) is 5.91 Å². The second-order valence-corrected chi connectivity index (χ2v) is 5.00. The van der Waals surface area contributed by atoms with E-state index in [1.165, 1.54) is 0 Å². The van der Waals surface area contributed by atoms with Crippen LogP contribution in [0.5, 0.6) is 5.75 Å². The maximum atomic E-state index is 11.9. The van der Waals surface area contributed by atoms with Crippen molar-refractivity contribution in [3.8, 4) is 5.75 Å². The average Bonchev–Trinajstić information content (AvgIpc) is 2.46. The zero-order chi connectivity index (χ0) is 15.2. The molecule has 0 heterocycles. The number of hydrogen-bond acceptors (Lipinski definition) is 3. The summed E-state index contributed by atoms with van der Waals surface area (Å²) in [6, 6.07) is 12.6. The van der Waals surface area contributed by atoms with Crippen LogP contribution in [0.4, 0.5) is 11.4 Å². The third-order valence-corrected chi connectivity index (χ3v) is 3.39. The van der Waals surface area contributed by atoms with Crippen molar-refractivity contribution in [1.29, 1.82) is 0 Å². The quantitative estimate of drug-likeness (QED) is 0.829. The second kappa shape index (κ2) is 6.99. The van der Waals surface area contributed by atoms with E-state index in [1.54, 1.807) is 24.3 Å². The predicted molar refractivity (Wildman–Crippen MR) is 85.8 cm³/mol. The van der Waals surface area contributed by atoms with Crippen LogP contribution >= 0.6 is 11.6 Å². The first kappa shape index (κ1) is 15.2. The van der Waals surface area contributed by atoms with Crippen LogP contribution in [-0.2, 0) is 4.79 Å². The lowest BCUT2D eigenvalue weighted by atomic mass is 10.1. The van der Waals surface area contributed by atoms with Gasteiger partial charge >= 0.3 is 0 Å². The molecule has 2 rings (SSSR count). The van der Waals surface area contributed by atoms with Gasteiger partial charge in [0.25, 0.3) is 0 Å². The predicted octanol–water partition coefficient (Wildman–Crippen LogP) is 3.64. The Morgan fingerprint density at radius 1 is 1.24 bits per heavy atom. The fourth-order valence-corrected chi connectivity index (χ4v) is 2.01. The summed E-state index contributed by atoms with van der Waals surface area (Å²) in [6.45, 7) is 2.13. The normalized spacial score (nSPS) is 10.2. The van der Waals surface area contributed by atoms with Crippen molar-refractivity contribution in [3.63, 3.8) is 0 Å². The van der Waals surface area contributed by atoms with Gasteiger partial charge in [-0.2, -0.15) is 0 Å². The number of para-hydroxylation sites is 1. The van der Waals surface area contributed by atoms with Crippen molar-refractivity contribution in [2.45, 2.75) is 13.3 Å². The number of halogens is 1. The summed E-state index contributed by atoms with van der Waals surface area (Å²) < 4.78 is 5.48. The van der Waals surface area contributed by atoms with E-state index in [9.17, 15) is 4.79 Å². The van der Waals surface area contributed by atoms with Crippen LogP contribution in [0.2, 0.25) is 5.02 Å². The first-order valence-electron chi connectivity index (χ1n) is 6.60. The third-order valence-electron chi connectivity index (χ3n) is 3.07. The molecule has 2 aromatic carbocycles. The van der Waals surface area contributed by atoms with Crippen LogP contribution in [0.15, 0.2) is 42.5 Å². The molecule has 0 aliphatic heterocycles. The molecule has 4 nitrogen and oxygen atoms in total. The van der Waals surface area contributed by atoms with Crippen molar-refractivity contribution >= 4 is 28.9 Å². The van der Waals surface area contributed by atoms with Gasteiger partial charge in [0.05, 0.1) is 18.1 Å². The summed E-state index contributed by atoms with van der Waals surface area (Å²) in [5.41, 5.74) is 8.03. The number of anilines is 2. The minimum absolute atomic E-state index is 0.129. The minimum Gasteiger partial charge on any atom is -0.491 e. The molecule has 0 radical (unpaired) electrons. The SMILES string of the molecule is Cc1c(N)cccc1NC(=O)CCOc1ccccc1Cl. The number of rotatable bonds is 5. The highest BCUT2D eigenvalue weighted by atomic mass is 35.5. The van der Waals surface area contributed by atoms with Gasteiger partial charge < -0.3 is 15.8 Å². The average molecular weight is 305 g/mol. The molecule has 0 spiro atoms. The van der Waals surface area contributed by atoms with Crippen LogP contribution in [0, 0.1) is 6.92 Å². The van der Waals surface area contributed by atoms with Gasteiger partial charge in [0.1, 0.15) is 5.75 Å². The summed E-state index contributed by atoms with van der Waals surface area (Å²) in [4.78, 5) is 11.9. The van der Waals surface area contributed by atoms with E-state index in [-0.39, 0.29) is 18.9 Å². The van der Waals surface area contributed by atoms with Crippen LogP contribution in [0.25, 0.3) is 0 Å². The molecule has 0 aliphatic carbocycles. The van der Waals surface area contributed by atoms with Gasteiger partial charge in [-0.15, -0.1) is 0 Å². The van der Waals surface area contributed by atoms with E-state index >= 15 is 0 Å². The first-order chi connectivity index (χ1) is 10.1. The molecular formula is C16H17ClN2O2. The van der Waals surface area contributed by atoms with E-state index < -0.39 is 0 Å². The summed E-state index contributed by atoms with van der Waals surface area (Å²) >= 11 is 5.97. The Labute approximate surface area is 128 Å². The molecule has 110 valence electrons. The highest BCUT2D eigenvalue weighted by molar-refractivity contribution is 6.32. The molecule has 5 heteroatoms. The van der Waals surface area contributed by atoms with Gasteiger partial charge in [-0.05, 0) is 36.8 Å². The summed E-state index contributed by atoms with van der Waals surface area (Å²) in [7, 11) is 0. The fourth-order valence-electron chi connectivity index (χ4n) is 1.82. The van der Waals surface area contributed by atoms with Crippen LogP contribution < -0.4 is 15.8 Å². The molecule has 3 N–H and O–H groups in total. The summed E-state index contributed by atoms with van der Waals surface area (Å²) in [5.74, 6) is 0.447. The fraction of sp³-hybridized carbons (Fsp3) is 0.188. The number of hydrogen-bond donors (Lipinski definition) is 2. The highest BCUT2D eigenvalue weighted by Gasteiger charge is 2.07. The van der Waals surface area contributed by atoms with Gasteiger partial charge in [0, 0.05) is 11.4 Å². The largest absolute Gasteiger partial charge is 0.491 e. The lowest BCUT2D eigenvalue weighted by Crippen LogP contribution is -2.16. The maximum Gasteiger partial charge on any atom is 0.227 e. The Morgan fingerprint density at radius 3 is 2.76 bits per heavy atom. The van der Waals surface area contributed by atoms with Gasteiger partial charge in [0.15, 0.2) is 0 Å². The lowest BCUT2D eigenvalue weighted by molar-refractivity contribution is -0.116. The summed E-state index contributed by atoms with van der Waals surface area (Å²) in [5, 5.41) is 3.35. The highest BCUT2D eigenvalue weighted by Crippen LogP contribution is 2.23. The zero-order valence-electron chi connectivity index (χ0n) is 11.7. The van der Waals surface area contributed by atoms with E-state index in [1.807, 2.05) is 25.1 Å². The molecule has 21 heavy (non-hydrogen) atoms. The number of carbonyl (C=O) groups is 1. The molecule has 2 aromatic rings. The topological polar surface area (TPSA) is 64.3 Å². The number of benzene rings is 2. The van der Waals surface area contributed by atoms with Crippen LogP contribution in [0.3, 0.4) is 0 Å². The van der Waals surface area contributed by atoms with Gasteiger partial charge in [-0.1, -0.05) is 29.8 Å². The third kappa shape index (κ3) is 4.13. The molecule has 0 fully saturated rings. The molecule has 0 bridgehead atoms. The van der Waals surface area contributed by atoms with E-state index in [0.717, 1.165) is 11.3 Å². The minimum atomic E-state index is -0.129. The maximum absolute atomic E-state index is 11.9. The molecule has 0 aliphatic rings. The monoisotopic (exact) mass is 304 g/mol. The molecule has 1 amide bonds. The Balaban J connectivity index is 1.85. The lowest BCUT2D eigenvalue weighted by Gasteiger charge is -2.11. The number of nitrogens with two attached hydrogens (primary N) is 1. The molecular weight excluding hydrogens is 288 g/mol. The Bertz CT molecular complexity index is 644. The molecule has 0 atom stereocenters. The van der Waals surface area contributed by atoms with Crippen molar-refractivity contribution in [2.75, 3.05) is 17.7 Å². The van der Waals surface area contributed by atoms with Crippen molar-refractivity contribution in [2.24, 2.45) is 0 Å². The molecule has 0 saturated heterocycles. The molecule has 0 unspecified atom stereocenters. The smallest absolute Gasteiger partial charge is 0.227 e. The van der Waals surface area contributed by atoms with Crippen molar-refractivity contribution in [3.05, 3.63) is 53.1 Å². The van der Waals surface area contributed by atoms with Gasteiger partial charge in [-0.3, -0.25) is 4.79 Å². The van der Waals surface area contributed by atoms with Crippen molar-refractivity contribution < 1.29 is 9.53 Å². The van der Waals surface area contributed by atoms with Crippen molar-refractivity contribution in [1.82, 2.24) is 0 Å². The molecule has 0 saturated carbocycles. The van der Waals surface area contributed by atoms with Gasteiger partial charge in [-0.25, -0.2) is 0 Å². The standard InChI is InChI=1S/C16H17ClN2O2/c1-11-13(18)6-4-7-14(11)19-16(20)9-10-21-15-8-3-2-5-12(15)17/h2-8H,9-10,18H2,1H3,(H,19,20). The number of carbonyl (C=O) groups excluding carboxylic acids is 1. The molecule has 0 aromatic heterocycles. The Hall–Kier alpha value is -2.20. The van der Waals surface area contributed by atoms with E-state index in [0.29, 0.717) is 16.5 Å².